The van der Waals surface area contributed by atoms with Crippen LogP contribution in [0.15, 0.2) is 35.7 Å². The number of methoxy groups -OCH3 is 1. The lowest BCUT2D eigenvalue weighted by Gasteiger charge is -2.33. The highest BCUT2D eigenvalue weighted by atomic mass is 32.1. The van der Waals surface area contributed by atoms with Gasteiger partial charge in [-0.05, 0) is 37.2 Å². The number of hydrogen-bond donors (Lipinski definition) is 1. The summed E-state index contributed by atoms with van der Waals surface area (Å²) in [7, 11) is 2.96. The van der Waals surface area contributed by atoms with Gasteiger partial charge in [0.05, 0.1) is 13.0 Å². The highest BCUT2D eigenvalue weighted by molar-refractivity contribution is 7.09. The van der Waals surface area contributed by atoms with Gasteiger partial charge in [-0.25, -0.2) is 4.98 Å². The molecule has 0 aliphatic heterocycles. The third-order valence-electron chi connectivity index (χ3n) is 8.22. The Balaban J connectivity index is 1.78. The monoisotopic (exact) mass is 627 g/mol. The number of ether oxygens (including phenoxy) is 2. The Morgan fingerprint density at radius 3 is 2.30 bits per heavy atom. The van der Waals surface area contributed by atoms with Gasteiger partial charge in [-0.1, -0.05) is 63.9 Å². The van der Waals surface area contributed by atoms with E-state index in [1.165, 1.54) is 30.3 Å². The summed E-state index contributed by atoms with van der Waals surface area (Å²) in [5.74, 6) is -2.88. The largest absolute Gasteiger partial charge is 0.469 e. The minimum atomic E-state index is -0.817. The lowest BCUT2D eigenvalue weighted by atomic mass is 9.94. The molecule has 0 bridgehead atoms. The lowest BCUT2D eigenvalue weighted by Crippen LogP contribution is -2.46. The van der Waals surface area contributed by atoms with E-state index in [0.29, 0.717) is 17.8 Å². The zero-order valence-corrected chi connectivity index (χ0v) is 27.4. The van der Waals surface area contributed by atoms with E-state index >= 15 is 0 Å². The first-order valence-corrected chi connectivity index (χ1v) is 16.1. The number of nitrogens with one attached hydrogen (secondary N) is 1. The quantitative estimate of drug-likeness (QED) is 0.217. The van der Waals surface area contributed by atoms with Gasteiger partial charge in [-0.3, -0.25) is 24.0 Å². The molecule has 1 fully saturated rings. The Labute approximate surface area is 263 Å². The average molecular weight is 628 g/mol. The van der Waals surface area contributed by atoms with Crippen LogP contribution in [0, 0.1) is 17.8 Å². The Morgan fingerprint density at radius 2 is 1.70 bits per heavy atom. The summed E-state index contributed by atoms with van der Waals surface area (Å²) in [5, 5.41) is 5.04. The van der Waals surface area contributed by atoms with Crippen molar-refractivity contribution in [3.05, 3.63) is 52.0 Å². The Morgan fingerprint density at radius 1 is 1.05 bits per heavy atom. The first kappa shape index (κ1) is 34.9. The van der Waals surface area contributed by atoms with Gasteiger partial charge in [-0.15, -0.1) is 11.3 Å². The number of carbonyl (C=O) groups excluding carboxylic acids is 5. The molecule has 1 aliphatic carbocycles. The van der Waals surface area contributed by atoms with Crippen LogP contribution >= 0.6 is 11.3 Å². The van der Waals surface area contributed by atoms with Crippen molar-refractivity contribution in [2.24, 2.45) is 17.8 Å². The van der Waals surface area contributed by atoms with Gasteiger partial charge in [0.25, 0.3) is 11.8 Å². The number of esters is 2. The second-order valence-electron chi connectivity index (χ2n) is 12.0. The normalized spacial score (nSPS) is 16.1. The smallest absolute Gasteiger partial charge is 0.308 e. The summed E-state index contributed by atoms with van der Waals surface area (Å²) in [6.07, 6.45) is 3.66. The van der Waals surface area contributed by atoms with Gasteiger partial charge in [-0.2, -0.15) is 0 Å². The number of benzene rings is 1. The van der Waals surface area contributed by atoms with E-state index in [9.17, 15) is 24.0 Å². The first-order valence-electron chi connectivity index (χ1n) is 15.3. The number of Topliss-reactive ketones (excluding diaryl/α,β-unsaturated/α-hetero) is 1. The number of carbonyl (C=O) groups is 5. The Hall–Kier alpha value is -3.60. The molecule has 3 rings (SSSR count). The number of likely N-dealkylation sites (N-methyl/N-ethyl adjacent to an activating group) is 1. The number of aromatic nitrogens is 1. The second kappa shape index (κ2) is 16.5. The number of thiazole rings is 1. The molecule has 11 heteroatoms. The van der Waals surface area contributed by atoms with Crippen LogP contribution in [0.1, 0.15) is 93.4 Å². The summed E-state index contributed by atoms with van der Waals surface area (Å²) >= 11 is 1.19. The third kappa shape index (κ3) is 9.70. The number of hydrogen-bond acceptors (Lipinski definition) is 9. The fourth-order valence-corrected chi connectivity index (χ4v) is 6.64. The van der Waals surface area contributed by atoms with Crippen molar-refractivity contribution in [1.29, 1.82) is 0 Å². The van der Waals surface area contributed by atoms with Crippen LogP contribution in [0.25, 0.3) is 0 Å². The van der Waals surface area contributed by atoms with E-state index in [1.807, 2.05) is 44.2 Å². The van der Waals surface area contributed by atoms with E-state index < -0.39 is 35.8 Å². The summed E-state index contributed by atoms with van der Waals surface area (Å²) in [6, 6.07) is 8.89. The van der Waals surface area contributed by atoms with E-state index in [0.717, 1.165) is 31.2 Å². The Bertz CT molecular complexity index is 1290. The van der Waals surface area contributed by atoms with Gasteiger partial charge in [0.1, 0.15) is 10.7 Å². The molecular formula is C33H45N3O7S. The molecule has 4 unspecified atom stereocenters. The molecule has 4 atom stereocenters. The van der Waals surface area contributed by atoms with Gasteiger partial charge < -0.3 is 19.7 Å². The topological polar surface area (TPSA) is 132 Å². The summed E-state index contributed by atoms with van der Waals surface area (Å²) in [6.45, 7) is 6.95. The molecule has 1 aromatic carbocycles. The highest BCUT2D eigenvalue weighted by Crippen LogP contribution is 2.32. The molecule has 2 amide bonds. The minimum absolute atomic E-state index is 0.0448. The fourth-order valence-electron chi connectivity index (χ4n) is 5.80. The van der Waals surface area contributed by atoms with Crippen LogP contribution in [-0.2, 0) is 35.1 Å². The van der Waals surface area contributed by atoms with Crippen LogP contribution in [-0.4, -0.2) is 65.7 Å². The molecule has 1 aliphatic rings. The van der Waals surface area contributed by atoms with E-state index in [1.54, 1.807) is 19.4 Å². The van der Waals surface area contributed by atoms with E-state index in [2.05, 4.69) is 10.3 Å². The molecule has 0 saturated heterocycles. The van der Waals surface area contributed by atoms with E-state index in [-0.39, 0.29) is 41.7 Å². The SMILES string of the molecule is COC(=O)C(C)CC(Cc1ccccc1)NC(=O)c1csc(C(CC(C(C)C)N(C)C(=O)C(=O)C2CCCC2)OC(C)=O)n1. The molecule has 2 aromatic rings. The average Bonchev–Trinajstić information content (AvgIpc) is 3.71. The minimum Gasteiger partial charge on any atom is -0.469 e. The first-order chi connectivity index (χ1) is 20.9. The van der Waals surface area contributed by atoms with Gasteiger partial charge >= 0.3 is 11.9 Å². The van der Waals surface area contributed by atoms with Gasteiger partial charge in [0.2, 0.25) is 5.78 Å². The van der Waals surface area contributed by atoms with Crippen molar-refractivity contribution < 1.29 is 33.4 Å². The zero-order chi connectivity index (χ0) is 32.4. The number of nitrogens with zero attached hydrogens (tertiary/aromatic N) is 2. The van der Waals surface area contributed by atoms with Crippen molar-refractivity contribution in [3.8, 4) is 0 Å². The van der Waals surface area contributed by atoms with Crippen LogP contribution in [0.4, 0.5) is 0 Å². The molecule has 240 valence electrons. The maximum Gasteiger partial charge on any atom is 0.308 e. The number of rotatable bonds is 15. The molecule has 1 heterocycles. The van der Waals surface area contributed by atoms with Crippen LogP contribution in [0.2, 0.25) is 0 Å². The maximum absolute atomic E-state index is 13.4. The van der Waals surface area contributed by atoms with Gasteiger partial charge in [0.15, 0.2) is 6.10 Å². The Kier molecular flexibility index (Phi) is 13.1. The van der Waals surface area contributed by atoms with Gasteiger partial charge in [0, 0.05) is 43.8 Å². The highest BCUT2D eigenvalue weighted by Gasteiger charge is 2.36. The predicted octanol–water partition coefficient (Wildman–Crippen LogP) is 4.92. The molecule has 0 radical (unpaired) electrons. The molecule has 1 aromatic heterocycles. The summed E-state index contributed by atoms with van der Waals surface area (Å²) < 4.78 is 10.5. The van der Waals surface area contributed by atoms with Crippen LogP contribution < -0.4 is 5.32 Å². The second-order valence-corrected chi connectivity index (χ2v) is 12.9. The van der Waals surface area contributed by atoms with Crippen LogP contribution in [0.3, 0.4) is 0 Å². The zero-order valence-electron chi connectivity index (χ0n) is 26.5. The molecule has 10 nitrogen and oxygen atoms in total. The van der Waals surface area contributed by atoms with Crippen molar-refractivity contribution in [3.63, 3.8) is 0 Å². The molecular weight excluding hydrogens is 582 g/mol. The van der Waals surface area contributed by atoms with E-state index in [4.69, 9.17) is 9.47 Å². The summed E-state index contributed by atoms with van der Waals surface area (Å²) in [4.78, 5) is 69.7. The van der Waals surface area contributed by atoms with Crippen LogP contribution in [0.5, 0.6) is 0 Å². The lowest BCUT2D eigenvalue weighted by molar-refractivity contribution is -0.151. The van der Waals surface area contributed by atoms with Crippen molar-refractivity contribution in [2.45, 2.75) is 90.8 Å². The fraction of sp³-hybridized carbons (Fsp3) is 0.576. The van der Waals surface area contributed by atoms with Crippen molar-refractivity contribution >= 4 is 40.9 Å². The van der Waals surface area contributed by atoms with Crippen molar-refractivity contribution in [2.75, 3.05) is 14.2 Å². The number of amides is 2. The number of ketones is 1. The van der Waals surface area contributed by atoms with Crippen molar-refractivity contribution in [1.82, 2.24) is 15.2 Å². The maximum atomic E-state index is 13.4. The molecule has 1 saturated carbocycles. The standard InChI is InChI=1S/C33H45N3O7S/c1-20(2)27(36(5)32(40)29(38)24-14-10-11-15-24)18-28(43-22(4)37)31-35-26(19-44-31)30(39)34-25(16-21(3)33(41)42-6)17-23-12-8-7-9-13-23/h7-9,12-13,19-21,24-25,27-28H,10-11,14-18H2,1-6H3,(H,34,39). The molecule has 0 spiro atoms. The third-order valence-corrected chi connectivity index (χ3v) is 9.16. The summed E-state index contributed by atoms with van der Waals surface area (Å²) in [5.41, 5.74) is 1.17. The molecule has 1 N–H and O–H groups in total. The molecule has 44 heavy (non-hydrogen) atoms. The predicted molar refractivity (Wildman–Crippen MR) is 167 cm³/mol.